The fourth-order valence-electron chi connectivity index (χ4n) is 5.79. The minimum Gasteiger partial charge on any atom is -0.482 e. The molecule has 0 saturated carbocycles. The molecule has 1 fully saturated rings. The Morgan fingerprint density at radius 2 is 1.92 bits per heavy atom. The van der Waals surface area contributed by atoms with Crippen LogP contribution in [0.2, 0.25) is 5.02 Å². The Hall–Kier alpha value is -3.19. The lowest BCUT2D eigenvalue weighted by Gasteiger charge is -2.50. The zero-order valence-corrected chi connectivity index (χ0v) is 22.8. The number of carbonyl (C=O) groups is 1. The predicted molar refractivity (Wildman–Crippen MR) is 146 cm³/mol. The molecular weight excluding hydrogens is 500 g/mol. The number of aliphatic hydroxyl groups is 1. The summed E-state index contributed by atoms with van der Waals surface area (Å²) in [4.78, 5) is 14.5. The molecule has 0 amide bonds. The topological polar surface area (TPSA) is 73.9 Å². The number of rotatable bonds is 5. The molecule has 1 saturated heterocycles. The zero-order valence-electron chi connectivity index (χ0n) is 22.1. The van der Waals surface area contributed by atoms with Gasteiger partial charge in [-0.05, 0) is 67.3 Å². The third kappa shape index (κ3) is 4.84. The Balaban J connectivity index is 1.40. The van der Waals surface area contributed by atoms with E-state index in [0.717, 1.165) is 53.0 Å². The number of hydrogen-bond donors (Lipinski definition) is 2. The maximum Gasteiger partial charge on any atom is 0.279 e. The van der Waals surface area contributed by atoms with Gasteiger partial charge < -0.3 is 14.7 Å². The maximum atomic E-state index is 12.1. The second-order valence-corrected chi connectivity index (χ2v) is 11.4. The van der Waals surface area contributed by atoms with Crippen LogP contribution in [0.5, 0.6) is 5.75 Å². The van der Waals surface area contributed by atoms with Gasteiger partial charge in [0.2, 0.25) is 6.20 Å². The van der Waals surface area contributed by atoms with Crippen LogP contribution in [0, 0.1) is 5.41 Å². The molecule has 0 bridgehead atoms. The van der Waals surface area contributed by atoms with Crippen LogP contribution < -0.4 is 9.47 Å². The van der Waals surface area contributed by atoms with Crippen molar-refractivity contribution in [2.24, 2.45) is 5.41 Å². The van der Waals surface area contributed by atoms with Gasteiger partial charge in [0.1, 0.15) is 5.75 Å². The number of halogens is 1. The van der Waals surface area contributed by atoms with E-state index in [-0.39, 0.29) is 17.8 Å². The van der Waals surface area contributed by atoms with Crippen LogP contribution in [0.4, 0.5) is 0 Å². The molecule has 2 aliphatic rings. The molecule has 6 nitrogen and oxygen atoms in total. The molecule has 2 aliphatic heterocycles. The summed E-state index contributed by atoms with van der Waals surface area (Å²) in [6, 6.07) is 16.8. The van der Waals surface area contributed by atoms with E-state index in [1.165, 1.54) is 0 Å². The van der Waals surface area contributed by atoms with Gasteiger partial charge in [-0.25, -0.2) is 0 Å². The Kier molecular flexibility index (Phi) is 7.07. The van der Waals surface area contributed by atoms with Crippen LogP contribution in [0.15, 0.2) is 66.9 Å². The molecule has 5 rings (SSSR count). The number of piperidine rings is 1. The normalized spacial score (nSPS) is 21.8. The molecule has 3 heterocycles. The first kappa shape index (κ1) is 26.4. The van der Waals surface area contributed by atoms with Crippen molar-refractivity contribution in [1.82, 2.24) is 4.90 Å². The third-order valence-corrected chi connectivity index (χ3v) is 8.30. The summed E-state index contributed by atoms with van der Waals surface area (Å²) >= 11 is 6.08. The molecule has 0 spiro atoms. The number of benzene rings is 2. The lowest BCUT2D eigenvalue weighted by atomic mass is 9.66. The molecule has 1 aromatic heterocycles. The number of aromatic nitrogens is 1. The number of Topliss-reactive ketones (excluding diaryl/α,β-unsaturated/α-hetero) is 1. The highest BCUT2D eigenvalue weighted by Crippen LogP contribution is 2.46. The quantitative estimate of drug-likeness (QED) is 0.261. The van der Waals surface area contributed by atoms with Crippen molar-refractivity contribution in [3.05, 3.63) is 99.8 Å². The van der Waals surface area contributed by atoms with Gasteiger partial charge >= 0.3 is 0 Å². The van der Waals surface area contributed by atoms with Gasteiger partial charge in [0.25, 0.3) is 5.69 Å². The van der Waals surface area contributed by atoms with E-state index in [0.29, 0.717) is 28.5 Å². The molecule has 2 N–H and O–H groups in total. The van der Waals surface area contributed by atoms with Crippen LogP contribution >= 0.6 is 11.6 Å². The minimum atomic E-state index is -0.930. The van der Waals surface area contributed by atoms with Gasteiger partial charge in [-0.1, -0.05) is 43.7 Å². The molecule has 0 radical (unpaired) electrons. The van der Waals surface area contributed by atoms with E-state index in [2.05, 4.69) is 24.8 Å². The fourth-order valence-corrected chi connectivity index (χ4v) is 5.91. The molecule has 7 heteroatoms. The van der Waals surface area contributed by atoms with Crippen molar-refractivity contribution in [3.8, 4) is 5.75 Å². The fraction of sp³-hybridized carbons (Fsp3) is 0.355. The first-order chi connectivity index (χ1) is 18.1. The first-order valence-electron chi connectivity index (χ1n) is 13.0. The third-order valence-electron chi connectivity index (χ3n) is 8.05. The number of fused-ring (bicyclic) bond motifs is 2. The summed E-state index contributed by atoms with van der Waals surface area (Å²) in [6.07, 6.45) is 5.15. The standard InChI is InChI=1S/C31H34ClN2O4/c1-21(35)22-8-13-29-27(18-22)25(26-7-5-16-34(37)28(26)19-38-29)6-4-15-33-17-14-31(36,30(2,3)20-33)23-9-11-24(32)12-10-23/h5-13,16,18,36-37H,4,14-15,17,19-20H2,1-3H3/q+1. The number of hydrogen-bond acceptors (Lipinski definition) is 5. The largest absolute Gasteiger partial charge is 0.482 e. The monoisotopic (exact) mass is 533 g/mol. The van der Waals surface area contributed by atoms with Gasteiger partial charge in [-0.2, -0.15) is 0 Å². The molecule has 2 aromatic carbocycles. The zero-order chi connectivity index (χ0) is 27.1. The molecule has 38 heavy (non-hydrogen) atoms. The average Bonchev–Trinajstić information content (AvgIpc) is 3.04. The van der Waals surface area contributed by atoms with Crippen molar-refractivity contribution in [2.75, 3.05) is 19.6 Å². The van der Waals surface area contributed by atoms with Crippen molar-refractivity contribution >= 4 is 23.0 Å². The number of likely N-dealkylation sites (tertiary alicyclic amines) is 1. The van der Waals surface area contributed by atoms with Gasteiger partial charge in [0.15, 0.2) is 12.4 Å². The first-order valence-corrected chi connectivity index (χ1v) is 13.4. The molecular formula is C31H34ClN2O4+. The second kappa shape index (κ2) is 10.2. The lowest BCUT2D eigenvalue weighted by molar-refractivity contribution is -0.910. The molecule has 3 aromatic rings. The average molecular weight is 534 g/mol. The van der Waals surface area contributed by atoms with E-state index in [9.17, 15) is 15.1 Å². The van der Waals surface area contributed by atoms with E-state index in [1.54, 1.807) is 25.3 Å². The predicted octanol–water partition coefficient (Wildman–Crippen LogP) is 5.40. The van der Waals surface area contributed by atoms with E-state index >= 15 is 0 Å². The van der Waals surface area contributed by atoms with Crippen LogP contribution in [-0.4, -0.2) is 40.6 Å². The highest BCUT2D eigenvalue weighted by Gasteiger charge is 2.48. The SMILES string of the molecule is CC(=O)c1ccc2c(c1)C(=CCCN1CCC(O)(c3ccc(Cl)cc3)C(C)(C)C1)c1ccc[n+](O)c1CO2. The Labute approximate surface area is 228 Å². The Morgan fingerprint density at radius 1 is 1.16 bits per heavy atom. The number of pyridine rings is 1. The van der Waals surface area contributed by atoms with Crippen molar-refractivity contribution < 1.29 is 24.6 Å². The summed E-state index contributed by atoms with van der Waals surface area (Å²) in [6.45, 7) is 8.34. The van der Waals surface area contributed by atoms with Gasteiger partial charge in [0.05, 0.1) is 11.2 Å². The number of ketones is 1. The Bertz CT molecular complexity index is 1400. The molecule has 1 atom stereocenters. The summed E-state index contributed by atoms with van der Waals surface area (Å²) in [7, 11) is 0. The van der Waals surface area contributed by atoms with Crippen LogP contribution in [0.25, 0.3) is 5.57 Å². The van der Waals surface area contributed by atoms with Crippen LogP contribution in [0.1, 0.15) is 66.4 Å². The molecule has 198 valence electrons. The summed E-state index contributed by atoms with van der Waals surface area (Å²) < 4.78 is 7.14. The maximum absolute atomic E-state index is 12.1. The smallest absolute Gasteiger partial charge is 0.279 e. The summed E-state index contributed by atoms with van der Waals surface area (Å²) in [5.41, 5.74) is 3.55. The molecule has 0 aliphatic carbocycles. The van der Waals surface area contributed by atoms with Crippen molar-refractivity contribution in [2.45, 2.75) is 45.8 Å². The second-order valence-electron chi connectivity index (χ2n) is 11.0. The van der Waals surface area contributed by atoms with E-state index in [1.807, 2.05) is 42.5 Å². The lowest BCUT2D eigenvalue weighted by Crippen LogP contribution is -2.55. The Morgan fingerprint density at radius 3 is 2.63 bits per heavy atom. The minimum absolute atomic E-state index is 0.00868. The number of nitrogens with zero attached hydrogens (tertiary/aromatic N) is 2. The highest BCUT2D eigenvalue weighted by atomic mass is 35.5. The van der Waals surface area contributed by atoms with Gasteiger partial charge in [-0.3, -0.25) is 10.0 Å². The summed E-state index contributed by atoms with van der Waals surface area (Å²) in [5.74, 6) is 0.676. The molecule has 1 unspecified atom stereocenters. The van der Waals surface area contributed by atoms with Crippen LogP contribution in [0.3, 0.4) is 0 Å². The van der Waals surface area contributed by atoms with Crippen LogP contribution in [-0.2, 0) is 12.2 Å². The van der Waals surface area contributed by atoms with E-state index < -0.39 is 5.60 Å². The van der Waals surface area contributed by atoms with E-state index in [4.69, 9.17) is 16.3 Å². The van der Waals surface area contributed by atoms with Gasteiger partial charge in [0, 0.05) is 52.0 Å². The number of ether oxygens (including phenoxy) is 1. The highest BCUT2D eigenvalue weighted by molar-refractivity contribution is 6.30. The number of carbonyl (C=O) groups excluding carboxylic acids is 1. The van der Waals surface area contributed by atoms with Crippen molar-refractivity contribution in [3.63, 3.8) is 0 Å². The summed E-state index contributed by atoms with van der Waals surface area (Å²) in [5, 5.41) is 22.8. The van der Waals surface area contributed by atoms with Gasteiger partial charge in [-0.15, -0.1) is 0 Å². The van der Waals surface area contributed by atoms with Crippen molar-refractivity contribution in [1.29, 1.82) is 0 Å².